The number of imide groups is 1. The minimum atomic E-state index is -0.420. The highest BCUT2D eigenvalue weighted by Crippen LogP contribution is 2.24. The monoisotopic (exact) mass is 384 g/mol. The zero-order chi connectivity index (χ0) is 19.2. The van der Waals surface area contributed by atoms with Crippen molar-refractivity contribution in [1.29, 1.82) is 0 Å². The van der Waals surface area contributed by atoms with Crippen molar-refractivity contribution in [3.05, 3.63) is 66.0 Å². The summed E-state index contributed by atoms with van der Waals surface area (Å²) in [7, 11) is 1.70. The lowest BCUT2D eigenvalue weighted by Gasteiger charge is -2.06. The fraction of sp³-hybridized carbons (Fsp3) is 0.158. The summed E-state index contributed by atoms with van der Waals surface area (Å²) in [6.45, 7) is 0. The first-order chi connectivity index (χ1) is 13.0. The molecule has 1 heterocycles. The number of nitrogens with zero attached hydrogens (tertiary/aromatic N) is 3. The van der Waals surface area contributed by atoms with Gasteiger partial charge < -0.3 is 4.57 Å². The first-order valence-corrected chi connectivity index (χ1v) is 9.17. The second kappa shape index (κ2) is 8.59. The van der Waals surface area contributed by atoms with Gasteiger partial charge in [0.1, 0.15) is 5.82 Å². The van der Waals surface area contributed by atoms with Crippen LogP contribution in [-0.4, -0.2) is 32.3 Å². The summed E-state index contributed by atoms with van der Waals surface area (Å²) in [5.74, 6) is -0.804. The van der Waals surface area contributed by atoms with Crippen molar-refractivity contribution in [2.24, 2.45) is 7.05 Å². The van der Waals surface area contributed by atoms with Gasteiger partial charge in [-0.2, -0.15) is 0 Å². The standard InChI is InChI=1S/C19H17FN4O2S/c1-24-18(14-9-5-6-10-15(14)20)22-23-19(24)27-12-17(26)21-16(25)11-13-7-3-2-4-8-13/h2-10H,11-12H2,1H3,(H,21,25,26). The van der Waals surface area contributed by atoms with Gasteiger partial charge in [0.15, 0.2) is 11.0 Å². The molecule has 0 spiro atoms. The Labute approximate surface area is 159 Å². The fourth-order valence-corrected chi connectivity index (χ4v) is 3.18. The van der Waals surface area contributed by atoms with Gasteiger partial charge >= 0.3 is 0 Å². The fourth-order valence-electron chi connectivity index (χ4n) is 2.46. The van der Waals surface area contributed by atoms with Crippen molar-refractivity contribution in [2.75, 3.05) is 5.75 Å². The molecule has 2 aromatic carbocycles. The molecule has 0 aliphatic carbocycles. The van der Waals surface area contributed by atoms with E-state index in [1.165, 1.54) is 6.07 Å². The topological polar surface area (TPSA) is 76.9 Å². The summed E-state index contributed by atoms with van der Waals surface area (Å²) in [6, 6.07) is 15.5. The van der Waals surface area contributed by atoms with Crippen LogP contribution in [0.1, 0.15) is 5.56 Å². The molecular weight excluding hydrogens is 367 g/mol. The number of amides is 2. The summed E-state index contributed by atoms with van der Waals surface area (Å²) < 4.78 is 15.5. The Bertz CT molecular complexity index is 959. The van der Waals surface area contributed by atoms with E-state index in [9.17, 15) is 14.0 Å². The van der Waals surface area contributed by atoms with Crippen molar-refractivity contribution < 1.29 is 14.0 Å². The van der Waals surface area contributed by atoms with Gasteiger partial charge in [-0.3, -0.25) is 14.9 Å². The zero-order valence-electron chi connectivity index (χ0n) is 14.6. The number of carbonyl (C=O) groups is 2. The van der Waals surface area contributed by atoms with E-state index in [0.29, 0.717) is 16.5 Å². The first kappa shape index (κ1) is 18.8. The highest BCUT2D eigenvalue weighted by Gasteiger charge is 2.16. The smallest absolute Gasteiger partial charge is 0.237 e. The molecule has 2 amide bonds. The SMILES string of the molecule is Cn1c(SCC(=O)NC(=O)Cc2ccccc2)nnc1-c1ccccc1F. The van der Waals surface area contributed by atoms with Gasteiger partial charge in [0.25, 0.3) is 0 Å². The van der Waals surface area contributed by atoms with Crippen molar-refractivity contribution in [3.8, 4) is 11.4 Å². The van der Waals surface area contributed by atoms with E-state index in [2.05, 4.69) is 15.5 Å². The summed E-state index contributed by atoms with van der Waals surface area (Å²) in [5.41, 5.74) is 1.17. The summed E-state index contributed by atoms with van der Waals surface area (Å²) in [4.78, 5) is 23.9. The predicted octanol–water partition coefficient (Wildman–Crippen LogP) is 2.60. The van der Waals surface area contributed by atoms with Crippen molar-refractivity contribution in [3.63, 3.8) is 0 Å². The third-order valence-electron chi connectivity index (χ3n) is 3.77. The minimum Gasteiger partial charge on any atom is -0.305 e. The number of hydrogen-bond donors (Lipinski definition) is 1. The van der Waals surface area contributed by atoms with Crippen LogP contribution in [0, 0.1) is 5.82 Å². The predicted molar refractivity (Wildman–Crippen MR) is 100 cm³/mol. The number of hydrogen-bond acceptors (Lipinski definition) is 5. The van der Waals surface area contributed by atoms with Gasteiger partial charge in [-0.15, -0.1) is 10.2 Å². The van der Waals surface area contributed by atoms with Crippen LogP contribution in [0.5, 0.6) is 0 Å². The molecule has 0 unspecified atom stereocenters. The third kappa shape index (κ3) is 4.79. The summed E-state index contributed by atoms with van der Waals surface area (Å²) in [5, 5.41) is 10.8. The first-order valence-electron chi connectivity index (χ1n) is 8.18. The molecule has 0 saturated heterocycles. The van der Waals surface area contributed by atoms with E-state index in [1.54, 1.807) is 29.8 Å². The highest BCUT2D eigenvalue weighted by atomic mass is 32.2. The van der Waals surface area contributed by atoms with Crippen LogP contribution >= 0.6 is 11.8 Å². The normalized spacial score (nSPS) is 10.6. The average molecular weight is 384 g/mol. The van der Waals surface area contributed by atoms with Crippen LogP contribution in [0.15, 0.2) is 59.8 Å². The Morgan fingerprint density at radius 2 is 1.74 bits per heavy atom. The van der Waals surface area contributed by atoms with Crippen LogP contribution in [-0.2, 0) is 23.1 Å². The van der Waals surface area contributed by atoms with Crippen LogP contribution in [0.3, 0.4) is 0 Å². The molecule has 27 heavy (non-hydrogen) atoms. The van der Waals surface area contributed by atoms with Gasteiger partial charge in [-0.25, -0.2) is 4.39 Å². The summed E-state index contributed by atoms with van der Waals surface area (Å²) >= 11 is 1.13. The summed E-state index contributed by atoms with van der Waals surface area (Å²) in [6.07, 6.45) is 0.138. The molecular formula is C19H17FN4O2S. The molecule has 138 valence electrons. The van der Waals surface area contributed by atoms with E-state index >= 15 is 0 Å². The molecule has 6 nitrogen and oxygen atoms in total. The van der Waals surface area contributed by atoms with Crippen molar-refractivity contribution in [2.45, 2.75) is 11.6 Å². The molecule has 8 heteroatoms. The van der Waals surface area contributed by atoms with Crippen LogP contribution in [0.4, 0.5) is 4.39 Å². The molecule has 0 aliphatic rings. The number of nitrogens with one attached hydrogen (secondary N) is 1. The van der Waals surface area contributed by atoms with Gasteiger partial charge in [0.05, 0.1) is 17.7 Å². The number of rotatable bonds is 6. The molecule has 1 N–H and O–H groups in total. The average Bonchev–Trinajstić information content (AvgIpc) is 3.01. The van der Waals surface area contributed by atoms with Gasteiger partial charge in [0.2, 0.25) is 11.8 Å². The molecule has 0 radical (unpaired) electrons. The molecule has 0 fully saturated rings. The molecule has 3 rings (SSSR count). The van der Waals surface area contributed by atoms with E-state index in [0.717, 1.165) is 17.3 Å². The highest BCUT2D eigenvalue weighted by molar-refractivity contribution is 7.99. The molecule has 3 aromatic rings. The molecule has 0 bridgehead atoms. The molecule has 0 atom stereocenters. The Hall–Kier alpha value is -3.00. The second-order valence-corrected chi connectivity index (χ2v) is 6.71. The number of aromatic nitrogens is 3. The number of benzene rings is 2. The number of halogens is 1. The maximum atomic E-state index is 13.9. The van der Waals surface area contributed by atoms with Gasteiger partial charge in [-0.1, -0.05) is 54.2 Å². The number of carbonyl (C=O) groups excluding carboxylic acids is 2. The third-order valence-corrected chi connectivity index (χ3v) is 4.79. The molecule has 0 saturated carbocycles. The minimum absolute atomic E-state index is 0.00374. The Kier molecular flexibility index (Phi) is 5.97. The van der Waals surface area contributed by atoms with Crippen molar-refractivity contribution in [1.82, 2.24) is 20.1 Å². The molecule has 0 aliphatic heterocycles. The van der Waals surface area contributed by atoms with E-state index in [1.807, 2.05) is 30.3 Å². The van der Waals surface area contributed by atoms with Crippen LogP contribution < -0.4 is 5.32 Å². The van der Waals surface area contributed by atoms with Gasteiger partial charge in [-0.05, 0) is 17.7 Å². The Balaban J connectivity index is 1.56. The maximum Gasteiger partial charge on any atom is 0.237 e. The lowest BCUT2D eigenvalue weighted by Crippen LogP contribution is -2.33. The Morgan fingerprint density at radius 1 is 1.04 bits per heavy atom. The van der Waals surface area contributed by atoms with Gasteiger partial charge in [0, 0.05) is 7.05 Å². The molecule has 1 aromatic heterocycles. The zero-order valence-corrected chi connectivity index (χ0v) is 15.4. The van der Waals surface area contributed by atoms with E-state index < -0.39 is 11.7 Å². The lowest BCUT2D eigenvalue weighted by atomic mass is 10.1. The van der Waals surface area contributed by atoms with Crippen LogP contribution in [0.25, 0.3) is 11.4 Å². The van der Waals surface area contributed by atoms with Crippen molar-refractivity contribution >= 4 is 23.6 Å². The van der Waals surface area contributed by atoms with Crippen LogP contribution in [0.2, 0.25) is 0 Å². The number of thioether (sulfide) groups is 1. The quantitative estimate of drug-likeness (QED) is 0.661. The lowest BCUT2D eigenvalue weighted by molar-refractivity contribution is -0.128. The van der Waals surface area contributed by atoms with E-state index in [-0.39, 0.29) is 18.1 Å². The second-order valence-electron chi connectivity index (χ2n) is 5.77. The van der Waals surface area contributed by atoms with E-state index in [4.69, 9.17) is 0 Å². The maximum absolute atomic E-state index is 13.9. The largest absolute Gasteiger partial charge is 0.305 e. The Morgan fingerprint density at radius 3 is 2.48 bits per heavy atom.